The first-order valence-electron chi connectivity index (χ1n) is 8.17. The van der Waals surface area contributed by atoms with Gasteiger partial charge in [-0.15, -0.1) is 22.0 Å². The summed E-state index contributed by atoms with van der Waals surface area (Å²) in [6.07, 6.45) is 1.96. The van der Waals surface area contributed by atoms with Crippen molar-refractivity contribution in [3.8, 4) is 11.4 Å². The van der Waals surface area contributed by atoms with E-state index < -0.39 is 5.25 Å². The van der Waals surface area contributed by atoms with E-state index >= 15 is 0 Å². The maximum absolute atomic E-state index is 12.6. The van der Waals surface area contributed by atoms with Gasteiger partial charge in [-0.1, -0.05) is 47.1 Å². The second-order valence-electron chi connectivity index (χ2n) is 5.75. The van der Waals surface area contributed by atoms with Crippen LogP contribution in [0.1, 0.15) is 6.92 Å². The molecule has 6 nitrogen and oxygen atoms in total. The molecule has 1 aromatic heterocycles. The lowest BCUT2D eigenvalue weighted by molar-refractivity contribution is -0.115. The topological polar surface area (TPSA) is 85.8 Å². The van der Waals surface area contributed by atoms with Crippen LogP contribution in [0.15, 0.2) is 52.5 Å². The van der Waals surface area contributed by atoms with Crippen LogP contribution >= 0.6 is 46.7 Å². The van der Waals surface area contributed by atoms with Crippen molar-refractivity contribution in [2.75, 3.05) is 17.4 Å². The standard InChI is InChI=1S/C18H17Cl2N5OS2/c1-10(17(26)22-14-5-3-4-6-15(14)27-2)28-18-24-23-16(25(18)21)12-8-7-11(19)9-13(12)20/h3-10H,21H2,1-2H3,(H,22,26). The third-order valence-electron chi connectivity index (χ3n) is 3.85. The Bertz CT molecular complexity index is 1010. The highest BCUT2D eigenvalue weighted by molar-refractivity contribution is 8.00. The van der Waals surface area contributed by atoms with E-state index in [1.165, 1.54) is 16.4 Å². The number of benzene rings is 2. The van der Waals surface area contributed by atoms with Gasteiger partial charge in [0.05, 0.1) is 16.0 Å². The number of hydrogen-bond donors (Lipinski definition) is 2. The first-order chi connectivity index (χ1) is 13.4. The summed E-state index contributed by atoms with van der Waals surface area (Å²) >= 11 is 14.9. The van der Waals surface area contributed by atoms with Crippen molar-refractivity contribution in [3.63, 3.8) is 0 Å². The van der Waals surface area contributed by atoms with Gasteiger partial charge < -0.3 is 11.2 Å². The summed E-state index contributed by atoms with van der Waals surface area (Å²) in [7, 11) is 0. The number of thioether (sulfide) groups is 2. The van der Waals surface area contributed by atoms with Crippen molar-refractivity contribution in [1.82, 2.24) is 14.9 Å². The lowest BCUT2D eigenvalue weighted by atomic mass is 10.2. The highest BCUT2D eigenvalue weighted by Crippen LogP contribution is 2.31. The number of nitrogens with zero attached hydrogens (tertiary/aromatic N) is 3. The van der Waals surface area contributed by atoms with E-state index in [0.29, 0.717) is 26.6 Å². The molecule has 1 amide bonds. The summed E-state index contributed by atoms with van der Waals surface area (Å²) in [5.41, 5.74) is 1.38. The number of halogens is 2. The molecular formula is C18H17Cl2N5OS2. The molecule has 0 aliphatic carbocycles. The molecule has 1 heterocycles. The number of rotatable bonds is 6. The zero-order valence-electron chi connectivity index (χ0n) is 15.0. The Hall–Kier alpha value is -1.87. The number of hydrogen-bond acceptors (Lipinski definition) is 6. The molecule has 0 bridgehead atoms. The van der Waals surface area contributed by atoms with Gasteiger partial charge in [0, 0.05) is 15.5 Å². The molecule has 146 valence electrons. The molecule has 28 heavy (non-hydrogen) atoms. The van der Waals surface area contributed by atoms with Crippen LogP contribution in [-0.4, -0.2) is 32.3 Å². The second kappa shape index (κ2) is 9.09. The molecule has 3 rings (SSSR count). The molecule has 3 N–H and O–H groups in total. The fraction of sp³-hybridized carbons (Fsp3) is 0.167. The molecule has 3 aromatic rings. The van der Waals surface area contributed by atoms with Gasteiger partial charge in [-0.3, -0.25) is 4.79 Å². The van der Waals surface area contributed by atoms with Crippen LogP contribution in [0.3, 0.4) is 0 Å². The normalized spacial score (nSPS) is 12.0. The van der Waals surface area contributed by atoms with Gasteiger partial charge in [-0.25, -0.2) is 4.68 Å². The largest absolute Gasteiger partial charge is 0.335 e. The average molecular weight is 454 g/mol. The average Bonchev–Trinajstić information content (AvgIpc) is 3.02. The van der Waals surface area contributed by atoms with Gasteiger partial charge in [0.25, 0.3) is 0 Å². The van der Waals surface area contributed by atoms with E-state index in [1.807, 2.05) is 30.5 Å². The van der Waals surface area contributed by atoms with E-state index in [9.17, 15) is 4.79 Å². The Kier molecular flexibility index (Phi) is 6.77. The maximum atomic E-state index is 12.6. The number of nitrogens with two attached hydrogens (primary N) is 1. The van der Waals surface area contributed by atoms with Crippen molar-refractivity contribution in [3.05, 3.63) is 52.5 Å². The number of anilines is 1. The Morgan fingerprint density at radius 3 is 2.68 bits per heavy atom. The molecular weight excluding hydrogens is 437 g/mol. The highest BCUT2D eigenvalue weighted by Gasteiger charge is 2.21. The molecule has 2 aromatic carbocycles. The number of nitrogens with one attached hydrogen (secondary N) is 1. The minimum Gasteiger partial charge on any atom is -0.335 e. The molecule has 0 saturated carbocycles. The zero-order chi connectivity index (χ0) is 20.3. The number of para-hydroxylation sites is 1. The molecule has 0 aliphatic heterocycles. The number of carbonyl (C=O) groups is 1. The first-order valence-corrected chi connectivity index (χ1v) is 11.0. The Morgan fingerprint density at radius 2 is 1.96 bits per heavy atom. The van der Waals surface area contributed by atoms with E-state index in [-0.39, 0.29) is 5.91 Å². The van der Waals surface area contributed by atoms with E-state index in [1.54, 1.807) is 36.9 Å². The molecule has 1 unspecified atom stereocenters. The number of carbonyl (C=O) groups excluding carboxylic acids is 1. The van der Waals surface area contributed by atoms with Crippen LogP contribution in [0.5, 0.6) is 0 Å². The molecule has 0 saturated heterocycles. The van der Waals surface area contributed by atoms with Crippen molar-refractivity contribution >= 4 is 58.3 Å². The number of amides is 1. The molecule has 10 heteroatoms. The van der Waals surface area contributed by atoms with Crippen molar-refractivity contribution in [2.24, 2.45) is 0 Å². The van der Waals surface area contributed by atoms with Gasteiger partial charge in [0.15, 0.2) is 5.82 Å². The molecule has 1 atom stereocenters. The predicted octanol–water partition coefficient (Wildman–Crippen LogP) is 4.81. The lowest BCUT2D eigenvalue weighted by Crippen LogP contribution is -2.24. The van der Waals surface area contributed by atoms with Gasteiger partial charge in [0.1, 0.15) is 0 Å². The number of aromatic nitrogens is 3. The zero-order valence-corrected chi connectivity index (χ0v) is 18.2. The fourth-order valence-electron chi connectivity index (χ4n) is 2.41. The summed E-state index contributed by atoms with van der Waals surface area (Å²) < 4.78 is 1.32. The summed E-state index contributed by atoms with van der Waals surface area (Å²) in [6.45, 7) is 1.78. The summed E-state index contributed by atoms with van der Waals surface area (Å²) in [5, 5.41) is 12.0. The fourth-order valence-corrected chi connectivity index (χ4v) is 4.22. The minimum absolute atomic E-state index is 0.152. The van der Waals surface area contributed by atoms with Crippen LogP contribution in [0.2, 0.25) is 10.0 Å². The molecule has 0 fully saturated rings. The molecule has 0 aliphatic rings. The van der Waals surface area contributed by atoms with Crippen LogP contribution in [-0.2, 0) is 4.79 Å². The van der Waals surface area contributed by atoms with Crippen LogP contribution < -0.4 is 11.2 Å². The Balaban J connectivity index is 1.75. The maximum Gasteiger partial charge on any atom is 0.237 e. The summed E-state index contributed by atoms with van der Waals surface area (Å²) in [6, 6.07) is 12.7. The highest BCUT2D eigenvalue weighted by atomic mass is 35.5. The first kappa shape index (κ1) is 20.9. The molecule has 0 spiro atoms. The monoisotopic (exact) mass is 453 g/mol. The smallest absolute Gasteiger partial charge is 0.237 e. The predicted molar refractivity (Wildman–Crippen MR) is 118 cm³/mol. The van der Waals surface area contributed by atoms with Crippen molar-refractivity contribution in [2.45, 2.75) is 22.2 Å². The lowest BCUT2D eigenvalue weighted by Gasteiger charge is -2.13. The van der Waals surface area contributed by atoms with Crippen LogP contribution in [0.25, 0.3) is 11.4 Å². The van der Waals surface area contributed by atoms with Gasteiger partial charge in [-0.05, 0) is 43.5 Å². The quantitative estimate of drug-likeness (QED) is 0.411. The van der Waals surface area contributed by atoms with Crippen molar-refractivity contribution in [1.29, 1.82) is 0 Å². The van der Waals surface area contributed by atoms with Crippen LogP contribution in [0.4, 0.5) is 5.69 Å². The SMILES string of the molecule is CSc1ccccc1NC(=O)C(C)Sc1nnc(-c2ccc(Cl)cc2Cl)n1N. The minimum atomic E-state index is -0.435. The third kappa shape index (κ3) is 4.57. The summed E-state index contributed by atoms with van der Waals surface area (Å²) in [5.74, 6) is 6.37. The Labute approximate surface area is 181 Å². The van der Waals surface area contributed by atoms with Crippen LogP contribution in [0, 0.1) is 0 Å². The Morgan fingerprint density at radius 1 is 1.21 bits per heavy atom. The van der Waals surface area contributed by atoms with E-state index in [0.717, 1.165) is 10.6 Å². The third-order valence-corrected chi connectivity index (χ3v) is 6.25. The van der Waals surface area contributed by atoms with E-state index in [2.05, 4.69) is 15.5 Å². The second-order valence-corrected chi connectivity index (χ2v) is 8.75. The van der Waals surface area contributed by atoms with Gasteiger partial charge >= 0.3 is 0 Å². The number of nitrogen functional groups attached to an aromatic ring is 1. The van der Waals surface area contributed by atoms with Gasteiger partial charge in [-0.2, -0.15) is 0 Å². The van der Waals surface area contributed by atoms with E-state index in [4.69, 9.17) is 29.0 Å². The van der Waals surface area contributed by atoms with Gasteiger partial charge in [0.2, 0.25) is 11.1 Å². The summed E-state index contributed by atoms with van der Waals surface area (Å²) in [4.78, 5) is 13.6. The van der Waals surface area contributed by atoms with Crippen molar-refractivity contribution < 1.29 is 4.79 Å². The molecule has 0 radical (unpaired) electrons.